The molecule has 2 rings (SSSR count). The molecule has 0 aliphatic heterocycles. The van der Waals surface area contributed by atoms with Gasteiger partial charge in [0.1, 0.15) is 0 Å². The van der Waals surface area contributed by atoms with Gasteiger partial charge in [0.05, 0.1) is 19.9 Å². The Balaban J connectivity index is 2.62. The topological polar surface area (TPSA) is 83.3 Å². The van der Waals surface area contributed by atoms with Gasteiger partial charge in [-0.1, -0.05) is 41.6 Å². The zero-order chi connectivity index (χ0) is 16.1. The van der Waals surface area contributed by atoms with E-state index in [2.05, 4.69) is 15.0 Å². The SMILES string of the molecule is C/C=C(\c1ccccc1)n1nnc(C(=O)OC)c1C(=O)OC. The molecule has 22 heavy (non-hydrogen) atoms. The number of esters is 2. The summed E-state index contributed by atoms with van der Waals surface area (Å²) in [5, 5.41) is 7.65. The van der Waals surface area contributed by atoms with Gasteiger partial charge in [-0.3, -0.25) is 0 Å². The molecule has 0 unspecified atom stereocenters. The minimum Gasteiger partial charge on any atom is -0.464 e. The number of carbonyl (C=O) groups excluding carboxylic acids is 2. The summed E-state index contributed by atoms with van der Waals surface area (Å²) in [6.07, 6.45) is 1.76. The van der Waals surface area contributed by atoms with Gasteiger partial charge < -0.3 is 9.47 Å². The number of methoxy groups -OCH3 is 2. The van der Waals surface area contributed by atoms with Crippen LogP contribution >= 0.6 is 0 Å². The van der Waals surface area contributed by atoms with Gasteiger partial charge in [-0.2, -0.15) is 0 Å². The second kappa shape index (κ2) is 6.66. The molecule has 0 fully saturated rings. The zero-order valence-corrected chi connectivity index (χ0v) is 12.4. The number of hydrogen-bond donors (Lipinski definition) is 0. The third kappa shape index (κ3) is 2.73. The van der Waals surface area contributed by atoms with Gasteiger partial charge in [0.2, 0.25) is 5.69 Å². The average molecular weight is 301 g/mol. The third-order valence-corrected chi connectivity index (χ3v) is 3.00. The van der Waals surface area contributed by atoms with Crippen molar-refractivity contribution < 1.29 is 19.1 Å². The predicted molar refractivity (Wildman–Crippen MR) is 78.2 cm³/mol. The predicted octanol–water partition coefficient (Wildman–Crippen LogP) is 1.76. The van der Waals surface area contributed by atoms with E-state index in [0.717, 1.165) is 5.56 Å². The van der Waals surface area contributed by atoms with Gasteiger partial charge >= 0.3 is 11.9 Å². The molecule has 0 radical (unpaired) electrons. The molecule has 0 atom stereocenters. The average Bonchev–Trinajstić information content (AvgIpc) is 3.00. The molecule has 114 valence electrons. The lowest BCUT2D eigenvalue weighted by atomic mass is 10.1. The number of benzene rings is 1. The summed E-state index contributed by atoms with van der Waals surface area (Å²) in [6, 6.07) is 9.30. The Hall–Kier alpha value is -2.96. The van der Waals surface area contributed by atoms with E-state index in [1.807, 2.05) is 30.3 Å². The molecule has 7 heteroatoms. The molecule has 0 saturated carbocycles. The highest BCUT2D eigenvalue weighted by Crippen LogP contribution is 2.20. The van der Waals surface area contributed by atoms with E-state index < -0.39 is 11.9 Å². The molecule has 0 bridgehead atoms. The van der Waals surface area contributed by atoms with Gasteiger partial charge in [-0.25, -0.2) is 14.3 Å². The highest BCUT2D eigenvalue weighted by atomic mass is 16.5. The van der Waals surface area contributed by atoms with Crippen LogP contribution in [0.5, 0.6) is 0 Å². The van der Waals surface area contributed by atoms with Crippen LogP contribution in [0.15, 0.2) is 36.4 Å². The normalized spacial score (nSPS) is 11.1. The molecule has 1 aromatic carbocycles. The Morgan fingerprint density at radius 3 is 2.27 bits per heavy atom. The van der Waals surface area contributed by atoms with Gasteiger partial charge in [-0.05, 0) is 12.5 Å². The van der Waals surface area contributed by atoms with Crippen molar-refractivity contribution in [3.05, 3.63) is 53.4 Å². The Morgan fingerprint density at radius 1 is 1.09 bits per heavy atom. The fourth-order valence-electron chi connectivity index (χ4n) is 1.98. The molecule has 2 aromatic rings. The maximum absolute atomic E-state index is 12.0. The number of aromatic nitrogens is 3. The van der Waals surface area contributed by atoms with Crippen LogP contribution in [0.2, 0.25) is 0 Å². The summed E-state index contributed by atoms with van der Waals surface area (Å²) in [5.74, 6) is -1.48. The van der Waals surface area contributed by atoms with Crippen LogP contribution in [0, 0.1) is 0 Å². The quantitative estimate of drug-likeness (QED) is 0.800. The Bertz CT molecular complexity index is 720. The third-order valence-electron chi connectivity index (χ3n) is 3.00. The van der Waals surface area contributed by atoms with E-state index >= 15 is 0 Å². The summed E-state index contributed by atoms with van der Waals surface area (Å²) in [6.45, 7) is 1.79. The lowest BCUT2D eigenvalue weighted by Gasteiger charge is -2.10. The van der Waals surface area contributed by atoms with Crippen molar-refractivity contribution in [2.45, 2.75) is 6.92 Å². The van der Waals surface area contributed by atoms with E-state index in [-0.39, 0.29) is 11.4 Å². The number of ether oxygens (including phenoxy) is 2. The molecule has 1 heterocycles. The molecule has 0 aliphatic rings. The molecule has 0 aliphatic carbocycles. The largest absolute Gasteiger partial charge is 0.464 e. The summed E-state index contributed by atoms with van der Waals surface area (Å²) in [7, 11) is 2.43. The van der Waals surface area contributed by atoms with E-state index in [0.29, 0.717) is 5.70 Å². The summed E-state index contributed by atoms with van der Waals surface area (Å²) >= 11 is 0. The Morgan fingerprint density at radius 2 is 1.73 bits per heavy atom. The van der Waals surface area contributed by atoms with Gasteiger partial charge in [0.25, 0.3) is 0 Å². The number of allylic oxidation sites excluding steroid dienone is 1. The first-order chi connectivity index (χ1) is 10.6. The molecular formula is C15H15N3O4. The summed E-state index contributed by atoms with van der Waals surface area (Å²) in [5.41, 5.74) is 1.15. The van der Waals surface area contributed by atoms with Crippen LogP contribution in [0.1, 0.15) is 33.5 Å². The Labute approximate surface area is 127 Å². The molecule has 0 amide bonds. The van der Waals surface area contributed by atoms with Crippen LogP contribution in [-0.2, 0) is 9.47 Å². The van der Waals surface area contributed by atoms with Crippen LogP contribution in [0.4, 0.5) is 0 Å². The van der Waals surface area contributed by atoms with E-state index in [1.54, 1.807) is 13.0 Å². The smallest absolute Gasteiger partial charge is 0.361 e. The van der Waals surface area contributed by atoms with Crippen LogP contribution in [-0.4, -0.2) is 41.2 Å². The van der Waals surface area contributed by atoms with Crippen molar-refractivity contribution in [2.75, 3.05) is 14.2 Å². The number of nitrogens with zero attached hydrogens (tertiary/aromatic N) is 3. The van der Waals surface area contributed by atoms with Gasteiger partial charge in [0, 0.05) is 0 Å². The van der Waals surface area contributed by atoms with Crippen molar-refractivity contribution in [1.29, 1.82) is 0 Å². The summed E-state index contributed by atoms with van der Waals surface area (Å²) in [4.78, 5) is 23.8. The number of rotatable bonds is 4. The minimum absolute atomic E-state index is 0.0775. The minimum atomic E-state index is -0.754. The molecule has 0 N–H and O–H groups in total. The zero-order valence-electron chi connectivity index (χ0n) is 12.4. The molecule has 0 saturated heterocycles. The highest BCUT2D eigenvalue weighted by Gasteiger charge is 2.28. The lowest BCUT2D eigenvalue weighted by Crippen LogP contribution is -2.16. The van der Waals surface area contributed by atoms with Crippen molar-refractivity contribution in [3.8, 4) is 0 Å². The van der Waals surface area contributed by atoms with Crippen molar-refractivity contribution in [2.24, 2.45) is 0 Å². The Kier molecular flexibility index (Phi) is 4.67. The van der Waals surface area contributed by atoms with Crippen LogP contribution < -0.4 is 0 Å². The lowest BCUT2D eigenvalue weighted by molar-refractivity contribution is 0.0546. The van der Waals surface area contributed by atoms with Crippen LogP contribution in [0.3, 0.4) is 0 Å². The van der Waals surface area contributed by atoms with Crippen molar-refractivity contribution in [3.63, 3.8) is 0 Å². The first-order valence-corrected chi connectivity index (χ1v) is 6.48. The van der Waals surface area contributed by atoms with E-state index in [4.69, 9.17) is 4.74 Å². The second-order valence-corrected chi connectivity index (χ2v) is 4.22. The molecule has 0 spiro atoms. The van der Waals surface area contributed by atoms with E-state index in [9.17, 15) is 9.59 Å². The van der Waals surface area contributed by atoms with Crippen molar-refractivity contribution in [1.82, 2.24) is 15.0 Å². The van der Waals surface area contributed by atoms with E-state index in [1.165, 1.54) is 18.9 Å². The standard InChI is InChI=1S/C15H15N3O4/c1-4-11(10-8-6-5-7-9-10)18-13(15(20)22-3)12(16-17-18)14(19)21-2/h4-9H,1-3H3/b11-4+. The summed E-state index contributed by atoms with van der Waals surface area (Å²) < 4.78 is 10.6. The highest BCUT2D eigenvalue weighted by molar-refractivity contribution is 6.01. The number of hydrogen-bond acceptors (Lipinski definition) is 6. The first kappa shape index (κ1) is 15.4. The second-order valence-electron chi connectivity index (χ2n) is 4.22. The fourth-order valence-corrected chi connectivity index (χ4v) is 1.98. The first-order valence-electron chi connectivity index (χ1n) is 6.48. The van der Waals surface area contributed by atoms with Crippen LogP contribution in [0.25, 0.3) is 5.70 Å². The monoisotopic (exact) mass is 301 g/mol. The molecule has 1 aromatic heterocycles. The maximum atomic E-state index is 12.0. The molecular weight excluding hydrogens is 286 g/mol. The number of carbonyl (C=O) groups is 2. The van der Waals surface area contributed by atoms with Crippen molar-refractivity contribution >= 4 is 17.6 Å². The molecule has 7 nitrogen and oxygen atoms in total. The van der Waals surface area contributed by atoms with Gasteiger partial charge in [0.15, 0.2) is 5.69 Å². The van der Waals surface area contributed by atoms with Gasteiger partial charge in [-0.15, -0.1) is 5.10 Å². The fraction of sp³-hybridized carbons (Fsp3) is 0.200. The maximum Gasteiger partial charge on any atom is 0.361 e.